The highest BCUT2D eigenvalue weighted by atomic mass is 19.4. The van der Waals surface area contributed by atoms with Crippen molar-refractivity contribution in [3.8, 4) is 11.4 Å². The molecule has 0 radical (unpaired) electrons. The maximum Gasteiger partial charge on any atom is 0.573 e. The maximum absolute atomic E-state index is 12.7. The Morgan fingerprint density at radius 1 is 1.09 bits per heavy atom. The average molecular weight is 458 g/mol. The molecule has 33 heavy (non-hydrogen) atoms. The van der Waals surface area contributed by atoms with Crippen molar-refractivity contribution in [2.24, 2.45) is 0 Å². The van der Waals surface area contributed by atoms with Crippen LogP contribution >= 0.6 is 0 Å². The normalized spacial score (nSPS) is 14.8. The van der Waals surface area contributed by atoms with Gasteiger partial charge in [0.2, 0.25) is 0 Å². The van der Waals surface area contributed by atoms with Gasteiger partial charge in [-0.3, -0.25) is 14.6 Å². The molecule has 1 aromatic carbocycles. The minimum Gasteiger partial charge on any atom is -0.406 e. The van der Waals surface area contributed by atoms with Crippen molar-refractivity contribution in [1.82, 2.24) is 14.8 Å². The van der Waals surface area contributed by atoms with E-state index in [4.69, 9.17) is 0 Å². The van der Waals surface area contributed by atoms with Crippen LogP contribution in [0.3, 0.4) is 0 Å². The van der Waals surface area contributed by atoms with E-state index in [1.807, 2.05) is 6.07 Å². The van der Waals surface area contributed by atoms with Gasteiger partial charge >= 0.3 is 6.36 Å². The summed E-state index contributed by atoms with van der Waals surface area (Å²) in [5.74, 6) is -0.184. The third-order valence-electron chi connectivity index (χ3n) is 5.58. The Balaban J connectivity index is 1.43. The SMILES string of the molecule is Cc1c(C(=O)Nc2ccc(C3CCC(=O)CC3)nc2)cnn1-c1ccc(OC(F)(F)F)cc1. The van der Waals surface area contributed by atoms with Gasteiger partial charge in [0, 0.05) is 24.5 Å². The number of hydrogen-bond acceptors (Lipinski definition) is 5. The first-order valence-electron chi connectivity index (χ1n) is 10.4. The van der Waals surface area contributed by atoms with Gasteiger partial charge in [0.15, 0.2) is 0 Å². The molecule has 1 aliphatic carbocycles. The lowest BCUT2D eigenvalue weighted by atomic mass is 9.86. The third-order valence-corrected chi connectivity index (χ3v) is 5.58. The quantitative estimate of drug-likeness (QED) is 0.585. The largest absolute Gasteiger partial charge is 0.573 e. The van der Waals surface area contributed by atoms with Crippen LogP contribution in [0.5, 0.6) is 5.75 Å². The van der Waals surface area contributed by atoms with Gasteiger partial charge in [-0.2, -0.15) is 5.10 Å². The second-order valence-corrected chi connectivity index (χ2v) is 7.84. The van der Waals surface area contributed by atoms with Crippen LogP contribution in [-0.4, -0.2) is 32.8 Å². The van der Waals surface area contributed by atoms with Gasteiger partial charge in [-0.25, -0.2) is 4.68 Å². The summed E-state index contributed by atoms with van der Waals surface area (Å²) < 4.78 is 42.3. The van der Waals surface area contributed by atoms with Crippen molar-refractivity contribution in [1.29, 1.82) is 0 Å². The van der Waals surface area contributed by atoms with E-state index in [0.29, 0.717) is 35.5 Å². The number of halogens is 3. The summed E-state index contributed by atoms with van der Waals surface area (Å²) in [6.07, 6.45) is 0.947. The summed E-state index contributed by atoms with van der Waals surface area (Å²) >= 11 is 0. The molecule has 1 N–H and O–H groups in total. The summed E-state index contributed by atoms with van der Waals surface area (Å²) in [4.78, 5) is 28.6. The smallest absolute Gasteiger partial charge is 0.406 e. The van der Waals surface area contributed by atoms with Gasteiger partial charge in [0.1, 0.15) is 11.5 Å². The molecule has 0 atom stereocenters. The Bertz CT molecular complexity index is 1150. The molecule has 0 spiro atoms. The first-order valence-corrected chi connectivity index (χ1v) is 10.4. The Labute approximate surface area is 187 Å². The minimum absolute atomic E-state index is 0.251. The van der Waals surface area contributed by atoms with Crippen molar-refractivity contribution in [3.63, 3.8) is 0 Å². The van der Waals surface area contributed by atoms with Gasteiger partial charge in [0.05, 0.1) is 35.0 Å². The zero-order valence-electron chi connectivity index (χ0n) is 17.7. The third kappa shape index (κ3) is 5.39. The van der Waals surface area contributed by atoms with Crippen LogP contribution in [0.15, 0.2) is 48.8 Å². The van der Waals surface area contributed by atoms with Crippen LogP contribution in [0.2, 0.25) is 0 Å². The van der Waals surface area contributed by atoms with Gasteiger partial charge in [-0.05, 0) is 56.2 Å². The molecule has 2 aromatic heterocycles. The Morgan fingerprint density at radius 2 is 1.79 bits per heavy atom. The lowest BCUT2D eigenvalue weighted by molar-refractivity contribution is -0.274. The van der Waals surface area contributed by atoms with Crippen LogP contribution in [0.1, 0.15) is 53.3 Å². The fourth-order valence-corrected chi connectivity index (χ4v) is 3.84. The van der Waals surface area contributed by atoms with Gasteiger partial charge in [0.25, 0.3) is 5.91 Å². The minimum atomic E-state index is -4.77. The zero-order valence-corrected chi connectivity index (χ0v) is 17.7. The van der Waals surface area contributed by atoms with Crippen molar-refractivity contribution in [2.45, 2.75) is 44.9 Å². The Kier molecular flexibility index (Phi) is 6.17. The Morgan fingerprint density at radius 3 is 2.39 bits per heavy atom. The molecule has 4 rings (SSSR count). The fraction of sp³-hybridized carbons (Fsp3) is 0.304. The van der Waals surface area contributed by atoms with Gasteiger partial charge in [-0.15, -0.1) is 13.2 Å². The second-order valence-electron chi connectivity index (χ2n) is 7.84. The number of carbonyl (C=O) groups excluding carboxylic acids is 2. The lowest BCUT2D eigenvalue weighted by Gasteiger charge is -2.20. The number of amides is 1. The molecule has 0 bridgehead atoms. The lowest BCUT2D eigenvalue weighted by Crippen LogP contribution is -2.17. The van der Waals surface area contributed by atoms with Crippen LogP contribution in [0.25, 0.3) is 5.69 Å². The highest BCUT2D eigenvalue weighted by molar-refractivity contribution is 6.04. The van der Waals surface area contributed by atoms with Crippen LogP contribution in [0, 0.1) is 6.92 Å². The van der Waals surface area contributed by atoms with E-state index in [-0.39, 0.29) is 23.4 Å². The summed E-state index contributed by atoms with van der Waals surface area (Å²) in [5.41, 5.74) is 2.76. The second kappa shape index (κ2) is 9.05. The van der Waals surface area contributed by atoms with Crippen LogP contribution in [-0.2, 0) is 4.79 Å². The highest BCUT2D eigenvalue weighted by Crippen LogP contribution is 2.30. The van der Waals surface area contributed by atoms with E-state index in [2.05, 4.69) is 20.1 Å². The summed E-state index contributed by atoms with van der Waals surface area (Å²) in [5, 5.41) is 6.97. The standard InChI is InChI=1S/C23H21F3N4O3/c1-14-20(13-28-30(14)17-5-9-19(10-6-17)33-23(24,25)26)22(32)29-16-4-11-21(27-12-16)15-2-7-18(31)8-3-15/h4-6,9-13,15H,2-3,7-8H2,1H3,(H,29,32). The summed E-state index contributed by atoms with van der Waals surface area (Å²) in [6.45, 7) is 1.69. The number of alkyl halides is 3. The van der Waals surface area contributed by atoms with E-state index in [9.17, 15) is 22.8 Å². The number of nitrogens with one attached hydrogen (secondary N) is 1. The molecular weight excluding hydrogens is 437 g/mol. The molecule has 1 aliphatic rings. The molecule has 0 aliphatic heterocycles. The summed E-state index contributed by atoms with van der Waals surface area (Å²) in [6, 6.07) is 8.83. The average Bonchev–Trinajstić information content (AvgIpc) is 3.16. The molecular formula is C23H21F3N4O3. The first-order chi connectivity index (χ1) is 15.7. The maximum atomic E-state index is 12.7. The summed E-state index contributed by atoms with van der Waals surface area (Å²) in [7, 11) is 0. The van der Waals surface area contributed by atoms with Crippen molar-refractivity contribution >= 4 is 17.4 Å². The zero-order chi connectivity index (χ0) is 23.6. The topological polar surface area (TPSA) is 86.1 Å². The number of pyridine rings is 1. The van der Waals surface area contributed by atoms with E-state index in [0.717, 1.165) is 18.5 Å². The van der Waals surface area contributed by atoms with E-state index in [1.165, 1.54) is 35.1 Å². The molecule has 1 fully saturated rings. The number of Topliss-reactive ketones (excluding diaryl/α,β-unsaturated/α-hetero) is 1. The number of carbonyl (C=O) groups is 2. The monoisotopic (exact) mass is 458 g/mol. The van der Waals surface area contributed by atoms with E-state index >= 15 is 0 Å². The molecule has 1 amide bonds. The number of aromatic nitrogens is 3. The molecule has 2 heterocycles. The number of ether oxygens (including phenoxy) is 1. The molecule has 1 saturated carbocycles. The number of anilines is 1. The van der Waals surface area contributed by atoms with Crippen molar-refractivity contribution in [2.75, 3.05) is 5.32 Å². The van der Waals surface area contributed by atoms with Gasteiger partial charge < -0.3 is 10.1 Å². The Hall–Kier alpha value is -3.69. The number of rotatable bonds is 5. The van der Waals surface area contributed by atoms with E-state index < -0.39 is 6.36 Å². The number of hydrogen-bond donors (Lipinski definition) is 1. The molecule has 172 valence electrons. The molecule has 0 saturated heterocycles. The predicted octanol–water partition coefficient (Wildman–Crippen LogP) is 4.95. The number of nitrogens with zero attached hydrogens (tertiary/aromatic N) is 3. The van der Waals surface area contributed by atoms with Crippen molar-refractivity contribution < 1.29 is 27.5 Å². The van der Waals surface area contributed by atoms with Crippen LogP contribution in [0.4, 0.5) is 18.9 Å². The fourth-order valence-electron chi connectivity index (χ4n) is 3.84. The molecule has 7 nitrogen and oxygen atoms in total. The number of ketones is 1. The highest BCUT2D eigenvalue weighted by Gasteiger charge is 2.31. The first kappa shape index (κ1) is 22.5. The molecule has 3 aromatic rings. The van der Waals surface area contributed by atoms with Gasteiger partial charge in [-0.1, -0.05) is 0 Å². The van der Waals surface area contributed by atoms with Crippen molar-refractivity contribution in [3.05, 3.63) is 65.7 Å². The van der Waals surface area contributed by atoms with E-state index in [1.54, 1.807) is 19.2 Å². The van der Waals surface area contributed by atoms with Crippen LogP contribution < -0.4 is 10.1 Å². The predicted molar refractivity (Wildman–Crippen MR) is 113 cm³/mol. The number of benzene rings is 1. The molecule has 10 heteroatoms. The molecule has 0 unspecified atom stereocenters.